The van der Waals surface area contributed by atoms with E-state index in [4.69, 9.17) is 11.6 Å². The molecule has 0 saturated carbocycles. The van der Waals surface area contributed by atoms with E-state index in [-0.39, 0.29) is 17.0 Å². The first-order chi connectivity index (χ1) is 14.3. The Hall–Kier alpha value is -3.43. The summed E-state index contributed by atoms with van der Waals surface area (Å²) in [6.45, 7) is 0.0397. The number of anilines is 1. The van der Waals surface area contributed by atoms with Gasteiger partial charge in [-0.1, -0.05) is 17.7 Å². The first kappa shape index (κ1) is 19.9. The molecule has 30 heavy (non-hydrogen) atoms. The lowest BCUT2D eigenvalue weighted by atomic mass is 10.2. The highest BCUT2D eigenvalue weighted by atomic mass is 35.5. The van der Waals surface area contributed by atoms with Crippen LogP contribution >= 0.6 is 11.6 Å². The summed E-state index contributed by atoms with van der Waals surface area (Å²) in [5.74, 6) is 0. The molecule has 0 bridgehead atoms. The van der Waals surface area contributed by atoms with Crippen molar-refractivity contribution < 1.29 is 8.42 Å². The summed E-state index contributed by atoms with van der Waals surface area (Å²) in [4.78, 5) is 31.9. The molecule has 152 valence electrons. The molecule has 2 aromatic carbocycles. The van der Waals surface area contributed by atoms with Crippen LogP contribution in [0.2, 0.25) is 5.02 Å². The van der Waals surface area contributed by atoms with Gasteiger partial charge in [0.05, 0.1) is 28.2 Å². The number of H-pyrrole nitrogens is 2. The molecule has 0 spiro atoms. The molecule has 0 aliphatic carbocycles. The van der Waals surface area contributed by atoms with E-state index < -0.39 is 21.1 Å². The molecule has 0 saturated heterocycles. The number of aromatic amines is 2. The molecule has 4 aromatic rings. The van der Waals surface area contributed by atoms with Crippen LogP contribution in [0.25, 0.3) is 11.0 Å². The molecule has 0 fully saturated rings. The third-order valence-corrected chi connectivity index (χ3v) is 6.47. The largest absolute Gasteiger partial charge is 0.316 e. The maximum Gasteiger partial charge on any atom is 0.314 e. The molecular weight excluding hydrogens is 428 g/mol. The second kappa shape index (κ2) is 7.77. The minimum Gasteiger partial charge on any atom is -0.316 e. The van der Waals surface area contributed by atoms with E-state index in [0.717, 1.165) is 0 Å². The number of pyridine rings is 1. The van der Waals surface area contributed by atoms with Crippen LogP contribution < -0.4 is 15.4 Å². The quantitative estimate of drug-likeness (QED) is 0.461. The minimum atomic E-state index is -4.03. The van der Waals surface area contributed by atoms with Gasteiger partial charge in [0.25, 0.3) is 10.0 Å². The standard InChI is InChI=1S/C20H15ClN4O4S/c21-14-3-5-15(6-4-14)25(12-13-2-1-9-22-11-13)30(28,29)16-7-8-17-18(10-16)24-20(27)19(26)23-17/h1-11H,12H2,(H,23,26)(H,24,27). The number of halogens is 1. The maximum atomic E-state index is 13.5. The summed E-state index contributed by atoms with van der Waals surface area (Å²) in [6, 6.07) is 14.0. The van der Waals surface area contributed by atoms with Gasteiger partial charge in [-0.3, -0.25) is 18.9 Å². The van der Waals surface area contributed by atoms with Crippen LogP contribution in [-0.4, -0.2) is 23.4 Å². The van der Waals surface area contributed by atoms with E-state index in [1.165, 1.54) is 22.5 Å². The summed E-state index contributed by atoms with van der Waals surface area (Å²) in [7, 11) is -4.03. The topological polar surface area (TPSA) is 116 Å². The molecule has 2 heterocycles. The molecule has 2 N–H and O–H groups in total. The monoisotopic (exact) mass is 442 g/mol. The molecule has 0 aliphatic rings. The van der Waals surface area contributed by atoms with Crippen molar-refractivity contribution in [1.82, 2.24) is 15.0 Å². The third kappa shape index (κ3) is 3.85. The average Bonchev–Trinajstić information content (AvgIpc) is 2.74. The van der Waals surface area contributed by atoms with Crippen molar-refractivity contribution in [3.63, 3.8) is 0 Å². The van der Waals surface area contributed by atoms with Crippen LogP contribution in [0.15, 0.2) is 81.5 Å². The Kier molecular flexibility index (Phi) is 5.15. The Morgan fingerprint density at radius 2 is 1.63 bits per heavy atom. The molecular formula is C20H15ClN4O4S. The second-order valence-corrected chi connectivity index (χ2v) is 8.76. The highest BCUT2D eigenvalue weighted by Crippen LogP contribution is 2.28. The highest BCUT2D eigenvalue weighted by Gasteiger charge is 2.26. The Morgan fingerprint density at radius 1 is 0.933 bits per heavy atom. The number of sulfonamides is 1. The van der Waals surface area contributed by atoms with Gasteiger partial charge in [0, 0.05) is 17.4 Å². The van der Waals surface area contributed by atoms with Crippen molar-refractivity contribution in [3.05, 3.63) is 98.3 Å². The van der Waals surface area contributed by atoms with E-state index in [9.17, 15) is 18.0 Å². The fourth-order valence-electron chi connectivity index (χ4n) is 2.96. The van der Waals surface area contributed by atoms with E-state index >= 15 is 0 Å². The number of hydrogen-bond donors (Lipinski definition) is 2. The Balaban J connectivity index is 1.85. The lowest BCUT2D eigenvalue weighted by molar-refractivity contribution is 0.590. The van der Waals surface area contributed by atoms with Gasteiger partial charge in [-0.2, -0.15) is 0 Å². The number of fused-ring (bicyclic) bond motifs is 1. The van der Waals surface area contributed by atoms with Crippen LogP contribution in [0.5, 0.6) is 0 Å². The Labute approximate surface area is 175 Å². The smallest absolute Gasteiger partial charge is 0.314 e. The molecule has 4 rings (SSSR count). The zero-order chi connectivity index (χ0) is 21.3. The molecule has 0 amide bonds. The van der Waals surface area contributed by atoms with E-state index in [2.05, 4.69) is 15.0 Å². The Morgan fingerprint density at radius 3 is 2.30 bits per heavy atom. The van der Waals surface area contributed by atoms with Crippen molar-refractivity contribution >= 4 is 38.3 Å². The fourth-order valence-corrected chi connectivity index (χ4v) is 4.57. The van der Waals surface area contributed by atoms with Crippen LogP contribution in [0.1, 0.15) is 5.56 Å². The van der Waals surface area contributed by atoms with Gasteiger partial charge in [0.15, 0.2) is 0 Å². The predicted octanol–water partition coefficient (Wildman–Crippen LogP) is 2.66. The van der Waals surface area contributed by atoms with Gasteiger partial charge in [-0.25, -0.2) is 8.42 Å². The van der Waals surface area contributed by atoms with Gasteiger partial charge in [0.1, 0.15) is 0 Å². The first-order valence-corrected chi connectivity index (χ1v) is 10.6. The van der Waals surface area contributed by atoms with E-state index in [1.807, 2.05) is 0 Å². The summed E-state index contributed by atoms with van der Waals surface area (Å²) in [6.07, 6.45) is 3.19. The van der Waals surface area contributed by atoms with Crippen molar-refractivity contribution in [1.29, 1.82) is 0 Å². The van der Waals surface area contributed by atoms with Gasteiger partial charge in [-0.05, 0) is 54.1 Å². The normalized spacial score (nSPS) is 11.5. The van der Waals surface area contributed by atoms with Gasteiger partial charge < -0.3 is 9.97 Å². The summed E-state index contributed by atoms with van der Waals surface area (Å²) in [5, 5.41) is 0.477. The van der Waals surface area contributed by atoms with Crippen LogP contribution in [0.3, 0.4) is 0 Å². The van der Waals surface area contributed by atoms with Crippen LogP contribution in [0, 0.1) is 0 Å². The predicted molar refractivity (Wildman–Crippen MR) is 114 cm³/mol. The summed E-state index contributed by atoms with van der Waals surface area (Å²) < 4.78 is 28.3. The van der Waals surface area contributed by atoms with E-state index in [1.54, 1.807) is 48.8 Å². The number of aromatic nitrogens is 3. The zero-order valence-electron chi connectivity index (χ0n) is 15.4. The maximum absolute atomic E-state index is 13.5. The second-order valence-electron chi connectivity index (χ2n) is 6.47. The van der Waals surface area contributed by atoms with Crippen molar-refractivity contribution in [3.8, 4) is 0 Å². The molecule has 0 aliphatic heterocycles. The minimum absolute atomic E-state index is 0.0397. The number of rotatable bonds is 5. The number of nitrogens with one attached hydrogen (secondary N) is 2. The average molecular weight is 443 g/mol. The van der Waals surface area contributed by atoms with Gasteiger partial charge >= 0.3 is 11.1 Å². The fraction of sp³-hybridized carbons (Fsp3) is 0.0500. The Bertz CT molecular complexity index is 1430. The van der Waals surface area contributed by atoms with Crippen molar-refractivity contribution in [2.75, 3.05) is 4.31 Å². The van der Waals surface area contributed by atoms with Gasteiger partial charge in [-0.15, -0.1) is 0 Å². The lowest BCUT2D eigenvalue weighted by Gasteiger charge is -2.25. The molecule has 8 nitrogen and oxygen atoms in total. The molecule has 2 aromatic heterocycles. The SMILES string of the molecule is O=c1[nH]c2ccc(S(=O)(=O)N(Cc3cccnc3)c3ccc(Cl)cc3)cc2[nH]c1=O. The first-order valence-electron chi connectivity index (χ1n) is 8.78. The number of nitrogens with zero attached hydrogens (tertiary/aromatic N) is 2. The molecule has 0 radical (unpaired) electrons. The highest BCUT2D eigenvalue weighted by molar-refractivity contribution is 7.92. The molecule has 10 heteroatoms. The lowest BCUT2D eigenvalue weighted by Crippen LogP contribution is -2.31. The summed E-state index contributed by atoms with van der Waals surface area (Å²) in [5.41, 5.74) is -0.0331. The third-order valence-electron chi connectivity index (χ3n) is 4.45. The molecule has 0 atom stereocenters. The zero-order valence-corrected chi connectivity index (χ0v) is 16.9. The van der Waals surface area contributed by atoms with Crippen molar-refractivity contribution in [2.45, 2.75) is 11.4 Å². The number of hydrogen-bond acceptors (Lipinski definition) is 5. The van der Waals surface area contributed by atoms with Crippen LogP contribution in [-0.2, 0) is 16.6 Å². The van der Waals surface area contributed by atoms with Gasteiger partial charge in [0.2, 0.25) is 0 Å². The summed E-state index contributed by atoms with van der Waals surface area (Å²) >= 11 is 5.96. The molecule has 0 unspecified atom stereocenters. The number of benzene rings is 2. The van der Waals surface area contributed by atoms with E-state index in [0.29, 0.717) is 21.8 Å². The van der Waals surface area contributed by atoms with Crippen molar-refractivity contribution in [2.24, 2.45) is 0 Å². The van der Waals surface area contributed by atoms with Crippen LogP contribution in [0.4, 0.5) is 5.69 Å².